The molecule has 0 unspecified atom stereocenters. The minimum atomic E-state index is 0.797. The highest BCUT2D eigenvalue weighted by atomic mass is 32.2. The second kappa shape index (κ2) is 9.09. The molecule has 1 N–H and O–H groups in total. The SMILES string of the molecule is CC(=C1CCN(C2CCNCC2)CC1)C1CCC(SC(C)C)CC1. The van der Waals surface area contributed by atoms with Crippen molar-refractivity contribution in [2.75, 3.05) is 26.2 Å². The van der Waals surface area contributed by atoms with Crippen molar-refractivity contribution in [2.45, 2.75) is 88.7 Å². The summed E-state index contributed by atoms with van der Waals surface area (Å²) in [5.41, 5.74) is 3.60. The van der Waals surface area contributed by atoms with Crippen LogP contribution in [0.3, 0.4) is 0 Å². The fraction of sp³-hybridized carbons (Fsp3) is 0.905. The molecular formula is C21H38N2S. The summed E-state index contributed by atoms with van der Waals surface area (Å²) in [6.45, 7) is 12.2. The normalized spacial score (nSPS) is 30.8. The van der Waals surface area contributed by atoms with Gasteiger partial charge in [0.05, 0.1) is 0 Å². The zero-order valence-electron chi connectivity index (χ0n) is 16.2. The third-order valence-electron chi connectivity index (χ3n) is 6.54. The van der Waals surface area contributed by atoms with Gasteiger partial charge < -0.3 is 5.32 Å². The summed E-state index contributed by atoms with van der Waals surface area (Å²) in [6.07, 6.45) is 11.2. The molecule has 2 aliphatic heterocycles. The van der Waals surface area contributed by atoms with Crippen LogP contribution in [0.5, 0.6) is 0 Å². The van der Waals surface area contributed by atoms with Crippen LogP contribution in [0.1, 0.15) is 72.1 Å². The minimum Gasteiger partial charge on any atom is -0.317 e. The molecule has 0 radical (unpaired) electrons. The third kappa shape index (κ3) is 5.02. The predicted molar refractivity (Wildman–Crippen MR) is 108 cm³/mol. The van der Waals surface area contributed by atoms with Crippen LogP contribution in [0.15, 0.2) is 11.1 Å². The highest BCUT2D eigenvalue weighted by molar-refractivity contribution is 8.00. The quantitative estimate of drug-likeness (QED) is 0.730. The number of likely N-dealkylation sites (tertiary alicyclic amines) is 1. The van der Waals surface area contributed by atoms with Gasteiger partial charge in [0.2, 0.25) is 0 Å². The van der Waals surface area contributed by atoms with Gasteiger partial charge in [0, 0.05) is 24.4 Å². The summed E-state index contributed by atoms with van der Waals surface area (Å²) >= 11 is 2.21. The molecule has 3 heteroatoms. The van der Waals surface area contributed by atoms with Crippen LogP contribution >= 0.6 is 11.8 Å². The summed E-state index contributed by atoms with van der Waals surface area (Å²) in [5.74, 6) is 0.898. The number of allylic oxidation sites excluding steroid dienone is 1. The lowest BCUT2D eigenvalue weighted by Crippen LogP contribution is -2.45. The molecule has 2 nitrogen and oxygen atoms in total. The van der Waals surface area contributed by atoms with Crippen LogP contribution in [0.25, 0.3) is 0 Å². The molecule has 138 valence electrons. The molecular weight excluding hydrogens is 312 g/mol. The van der Waals surface area contributed by atoms with E-state index in [1.165, 1.54) is 77.5 Å². The fourth-order valence-corrected chi connectivity index (χ4v) is 6.34. The monoisotopic (exact) mass is 350 g/mol. The molecule has 1 aliphatic carbocycles. The number of rotatable bonds is 4. The number of piperidine rings is 2. The molecule has 0 aromatic carbocycles. The van der Waals surface area contributed by atoms with E-state index in [1.807, 2.05) is 5.57 Å². The average Bonchev–Trinajstić information content (AvgIpc) is 2.62. The van der Waals surface area contributed by atoms with Crippen LogP contribution in [-0.4, -0.2) is 47.6 Å². The molecule has 0 aromatic rings. The molecule has 3 aliphatic rings. The van der Waals surface area contributed by atoms with Crippen molar-refractivity contribution in [3.63, 3.8) is 0 Å². The van der Waals surface area contributed by atoms with E-state index in [4.69, 9.17) is 0 Å². The van der Waals surface area contributed by atoms with Crippen LogP contribution in [0.2, 0.25) is 0 Å². The zero-order chi connectivity index (χ0) is 16.9. The average molecular weight is 351 g/mol. The van der Waals surface area contributed by atoms with Gasteiger partial charge in [0.1, 0.15) is 0 Å². The lowest BCUT2D eigenvalue weighted by Gasteiger charge is -2.39. The minimum absolute atomic E-state index is 0.797. The van der Waals surface area contributed by atoms with Gasteiger partial charge in [0.15, 0.2) is 0 Å². The van der Waals surface area contributed by atoms with E-state index in [0.717, 1.165) is 22.5 Å². The van der Waals surface area contributed by atoms with Gasteiger partial charge in [-0.3, -0.25) is 4.90 Å². The van der Waals surface area contributed by atoms with E-state index < -0.39 is 0 Å². The predicted octanol–water partition coefficient (Wildman–Crippen LogP) is 4.85. The number of hydrogen-bond donors (Lipinski definition) is 1. The first-order chi connectivity index (χ1) is 11.6. The first-order valence-electron chi connectivity index (χ1n) is 10.4. The molecule has 0 atom stereocenters. The summed E-state index contributed by atoms with van der Waals surface area (Å²) in [6, 6.07) is 0.858. The Labute approximate surface area is 154 Å². The largest absolute Gasteiger partial charge is 0.317 e. The fourth-order valence-electron chi connectivity index (χ4n) is 5.03. The topological polar surface area (TPSA) is 15.3 Å². The van der Waals surface area contributed by atoms with Gasteiger partial charge in [-0.25, -0.2) is 0 Å². The molecule has 24 heavy (non-hydrogen) atoms. The Morgan fingerprint density at radius 1 is 1.00 bits per heavy atom. The molecule has 0 amide bonds. The second-order valence-electron chi connectivity index (χ2n) is 8.46. The molecule has 3 fully saturated rings. The van der Waals surface area contributed by atoms with Crippen LogP contribution in [0, 0.1) is 5.92 Å². The van der Waals surface area contributed by atoms with Crippen LogP contribution < -0.4 is 5.32 Å². The summed E-state index contributed by atoms with van der Waals surface area (Å²) in [5, 5.41) is 5.23. The lowest BCUT2D eigenvalue weighted by molar-refractivity contribution is 0.150. The number of nitrogens with zero attached hydrogens (tertiary/aromatic N) is 1. The Bertz CT molecular complexity index is 408. The Morgan fingerprint density at radius 2 is 1.62 bits per heavy atom. The maximum absolute atomic E-state index is 3.50. The molecule has 2 saturated heterocycles. The highest BCUT2D eigenvalue weighted by Gasteiger charge is 2.27. The Hall–Kier alpha value is 0.0100. The number of thioether (sulfide) groups is 1. The van der Waals surface area contributed by atoms with E-state index in [1.54, 1.807) is 5.57 Å². The molecule has 0 bridgehead atoms. The number of hydrogen-bond acceptors (Lipinski definition) is 3. The number of nitrogens with one attached hydrogen (secondary N) is 1. The summed E-state index contributed by atoms with van der Waals surface area (Å²) in [4.78, 5) is 2.79. The van der Waals surface area contributed by atoms with Gasteiger partial charge in [-0.15, -0.1) is 0 Å². The maximum Gasteiger partial charge on any atom is 0.0120 e. The van der Waals surface area contributed by atoms with Crippen molar-refractivity contribution >= 4 is 11.8 Å². The van der Waals surface area contributed by atoms with Gasteiger partial charge in [-0.2, -0.15) is 11.8 Å². The third-order valence-corrected chi connectivity index (χ3v) is 7.94. The molecule has 2 heterocycles. The Kier molecular flexibility index (Phi) is 7.12. The van der Waals surface area contributed by atoms with Crippen molar-refractivity contribution < 1.29 is 0 Å². The van der Waals surface area contributed by atoms with E-state index in [0.29, 0.717) is 0 Å². The van der Waals surface area contributed by atoms with Gasteiger partial charge >= 0.3 is 0 Å². The van der Waals surface area contributed by atoms with Crippen molar-refractivity contribution in [3.8, 4) is 0 Å². The van der Waals surface area contributed by atoms with Crippen molar-refractivity contribution in [2.24, 2.45) is 5.92 Å². The standard InChI is InChI=1S/C21H38N2S/c1-16(2)24-21-6-4-18(5-7-21)17(3)19-10-14-23(15-11-19)20-8-12-22-13-9-20/h16,18,20-22H,4-15H2,1-3H3. The Balaban J connectivity index is 1.47. The van der Waals surface area contributed by atoms with E-state index in [2.05, 4.69) is 42.7 Å². The van der Waals surface area contributed by atoms with Crippen molar-refractivity contribution in [3.05, 3.63) is 11.1 Å². The first kappa shape index (κ1) is 18.8. The Morgan fingerprint density at radius 3 is 2.21 bits per heavy atom. The molecule has 1 saturated carbocycles. The van der Waals surface area contributed by atoms with Crippen LogP contribution in [-0.2, 0) is 0 Å². The summed E-state index contributed by atoms with van der Waals surface area (Å²) in [7, 11) is 0. The van der Waals surface area contributed by atoms with Gasteiger partial charge in [-0.05, 0) is 82.5 Å². The molecule has 0 spiro atoms. The molecule has 0 aromatic heterocycles. The smallest absolute Gasteiger partial charge is 0.0120 e. The van der Waals surface area contributed by atoms with Gasteiger partial charge in [0.25, 0.3) is 0 Å². The highest BCUT2D eigenvalue weighted by Crippen LogP contribution is 2.39. The second-order valence-corrected chi connectivity index (χ2v) is 10.3. The van der Waals surface area contributed by atoms with E-state index in [9.17, 15) is 0 Å². The van der Waals surface area contributed by atoms with Crippen LogP contribution in [0.4, 0.5) is 0 Å². The maximum atomic E-state index is 3.50. The van der Waals surface area contributed by atoms with E-state index >= 15 is 0 Å². The molecule has 3 rings (SSSR count). The summed E-state index contributed by atoms with van der Waals surface area (Å²) < 4.78 is 0. The van der Waals surface area contributed by atoms with Crippen molar-refractivity contribution in [1.82, 2.24) is 10.2 Å². The van der Waals surface area contributed by atoms with Gasteiger partial charge in [-0.1, -0.05) is 25.0 Å². The van der Waals surface area contributed by atoms with Crippen molar-refractivity contribution in [1.29, 1.82) is 0 Å². The van der Waals surface area contributed by atoms with E-state index in [-0.39, 0.29) is 0 Å². The first-order valence-corrected chi connectivity index (χ1v) is 11.4. The zero-order valence-corrected chi connectivity index (χ0v) is 17.0. The lowest BCUT2D eigenvalue weighted by atomic mass is 9.80.